The van der Waals surface area contributed by atoms with E-state index in [-0.39, 0.29) is 12.4 Å². The van der Waals surface area contributed by atoms with E-state index in [0.717, 1.165) is 11.3 Å². The first-order chi connectivity index (χ1) is 8.69. The maximum atomic E-state index is 13.1. The summed E-state index contributed by atoms with van der Waals surface area (Å²) in [7, 11) is 0. The Kier molecular flexibility index (Phi) is 3.94. The first-order valence-corrected chi connectivity index (χ1v) is 5.72. The normalized spacial score (nSPS) is 10.6. The van der Waals surface area contributed by atoms with Crippen LogP contribution in [-0.2, 0) is 13.0 Å². The number of aromatic nitrogens is 1. The van der Waals surface area contributed by atoms with Crippen LogP contribution in [0.2, 0.25) is 0 Å². The summed E-state index contributed by atoms with van der Waals surface area (Å²) in [6.45, 7) is 2.55. The van der Waals surface area contributed by atoms with E-state index >= 15 is 0 Å². The minimum absolute atomic E-state index is 0.268. The van der Waals surface area contributed by atoms with E-state index in [1.54, 1.807) is 12.1 Å². The number of aryl methyl sites for hydroxylation is 1. The fraction of sp³-hybridized carbons (Fsp3) is 0.308. The molecule has 2 N–H and O–H groups in total. The number of hydrogen-bond acceptors (Lipinski definition) is 4. The molecule has 2 aromatic rings. The molecule has 0 aliphatic heterocycles. The molecule has 1 aromatic heterocycles. The number of nitrogens with zero attached hydrogens (tertiary/aromatic N) is 1. The molecule has 0 fully saturated rings. The van der Waals surface area contributed by atoms with Crippen molar-refractivity contribution in [2.45, 2.75) is 20.0 Å². The molecule has 0 aliphatic carbocycles. The lowest BCUT2D eigenvalue weighted by molar-refractivity contribution is 0.246. The van der Waals surface area contributed by atoms with Crippen molar-refractivity contribution in [3.63, 3.8) is 0 Å². The topological polar surface area (TPSA) is 61.3 Å². The molecule has 0 spiro atoms. The molecule has 18 heavy (non-hydrogen) atoms. The van der Waals surface area contributed by atoms with Crippen LogP contribution in [0.25, 0.3) is 0 Å². The summed E-state index contributed by atoms with van der Waals surface area (Å²) in [6, 6.07) is 6.20. The van der Waals surface area contributed by atoms with E-state index in [0.29, 0.717) is 24.5 Å². The standard InChI is InChI=1S/C13H15FN2O2/c1-9-6-12(18-16-9)8-17-13-3-2-11(14)7-10(13)4-5-15/h2-3,6-7H,4-5,8,15H2,1H3. The average Bonchev–Trinajstić information content (AvgIpc) is 2.75. The van der Waals surface area contributed by atoms with E-state index < -0.39 is 0 Å². The molecule has 4 nitrogen and oxygen atoms in total. The lowest BCUT2D eigenvalue weighted by Crippen LogP contribution is -2.05. The van der Waals surface area contributed by atoms with Crippen LogP contribution in [0.1, 0.15) is 17.0 Å². The summed E-state index contributed by atoms with van der Waals surface area (Å²) in [5.41, 5.74) is 7.04. The van der Waals surface area contributed by atoms with Gasteiger partial charge in [-0.2, -0.15) is 0 Å². The summed E-state index contributed by atoms with van der Waals surface area (Å²) in [5.74, 6) is 0.965. The van der Waals surface area contributed by atoms with Gasteiger partial charge in [-0.3, -0.25) is 0 Å². The van der Waals surface area contributed by atoms with Gasteiger partial charge in [-0.15, -0.1) is 0 Å². The third kappa shape index (κ3) is 3.07. The second-order valence-electron chi connectivity index (χ2n) is 4.01. The predicted octanol–water partition coefficient (Wildman–Crippen LogP) is 2.20. The van der Waals surface area contributed by atoms with Gasteiger partial charge in [0.25, 0.3) is 0 Å². The summed E-state index contributed by atoms with van der Waals surface area (Å²) in [5, 5.41) is 3.77. The minimum Gasteiger partial charge on any atom is -0.485 e. The summed E-state index contributed by atoms with van der Waals surface area (Å²) in [6.07, 6.45) is 0.572. The van der Waals surface area contributed by atoms with Crippen LogP contribution in [-0.4, -0.2) is 11.7 Å². The van der Waals surface area contributed by atoms with E-state index in [9.17, 15) is 4.39 Å². The van der Waals surface area contributed by atoms with Crippen LogP contribution in [0.4, 0.5) is 4.39 Å². The Bertz CT molecular complexity index is 525. The number of benzene rings is 1. The van der Waals surface area contributed by atoms with Crippen molar-refractivity contribution in [2.75, 3.05) is 6.54 Å². The fourth-order valence-corrected chi connectivity index (χ4v) is 1.67. The Labute approximate surface area is 105 Å². The van der Waals surface area contributed by atoms with Gasteiger partial charge >= 0.3 is 0 Å². The lowest BCUT2D eigenvalue weighted by Gasteiger charge is -2.09. The van der Waals surface area contributed by atoms with Crippen LogP contribution in [0.15, 0.2) is 28.8 Å². The van der Waals surface area contributed by atoms with E-state index in [1.807, 2.05) is 6.92 Å². The second-order valence-corrected chi connectivity index (χ2v) is 4.01. The molecule has 5 heteroatoms. The zero-order chi connectivity index (χ0) is 13.0. The van der Waals surface area contributed by atoms with Crippen LogP contribution in [0, 0.1) is 12.7 Å². The largest absolute Gasteiger partial charge is 0.485 e. The molecule has 0 bridgehead atoms. The number of ether oxygens (including phenoxy) is 1. The Morgan fingerprint density at radius 3 is 2.89 bits per heavy atom. The third-order valence-corrected chi connectivity index (χ3v) is 2.48. The van der Waals surface area contributed by atoms with Crippen molar-refractivity contribution in [1.82, 2.24) is 5.16 Å². The average molecular weight is 250 g/mol. The molecule has 2 rings (SSSR count). The summed E-state index contributed by atoms with van der Waals surface area (Å²) < 4.78 is 23.7. The SMILES string of the molecule is Cc1cc(COc2ccc(F)cc2CCN)on1. The molecule has 96 valence electrons. The van der Waals surface area contributed by atoms with Gasteiger partial charge < -0.3 is 15.0 Å². The van der Waals surface area contributed by atoms with Crippen molar-refractivity contribution in [3.8, 4) is 5.75 Å². The van der Waals surface area contributed by atoms with Gasteiger partial charge in [0.05, 0.1) is 5.69 Å². The lowest BCUT2D eigenvalue weighted by atomic mass is 10.1. The highest BCUT2D eigenvalue weighted by Crippen LogP contribution is 2.21. The molecule has 0 saturated heterocycles. The van der Waals surface area contributed by atoms with E-state index in [2.05, 4.69) is 5.16 Å². The smallest absolute Gasteiger partial charge is 0.174 e. The van der Waals surface area contributed by atoms with Crippen LogP contribution in [0.3, 0.4) is 0 Å². The predicted molar refractivity (Wildman–Crippen MR) is 64.7 cm³/mol. The highest BCUT2D eigenvalue weighted by Gasteiger charge is 2.07. The Morgan fingerprint density at radius 2 is 2.22 bits per heavy atom. The molecule has 1 aromatic carbocycles. The van der Waals surface area contributed by atoms with Crippen molar-refractivity contribution in [1.29, 1.82) is 0 Å². The third-order valence-electron chi connectivity index (χ3n) is 2.48. The van der Waals surface area contributed by atoms with E-state index in [1.165, 1.54) is 12.1 Å². The number of hydrogen-bond donors (Lipinski definition) is 1. The number of nitrogens with two attached hydrogens (primary N) is 1. The Morgan fingerprint density at radius 1 is 1.39 bits per heavy atom. The van der Waals surface area contributed by atoms with Gasteiger partial charge in [-0.25, -0.2) is 4.39 Å². The van der Waals surface area contributed by atoms with Gasteiger partial charge in [-0.05, 0) is 43.7 Å². The van der Waals surface area contributed by atoms with Gasteiger partial charge in [0.15, 0.2) is 5.76 Å². The second kappa shape index (κ2) is 5.64. The zero-order valence-electron chi connectivity index (χ0n) is 10.1. The van der Waals surface area contributed by atoms with Gasteiger partial charge in [-0.1, -0.05) is 5.16 Å². The van der Waals surface area contributed by atoms with Gasteiger partial charge in [0, 0.05) is 6.07 Å². The molecule has 0 saturated carbocycles. The zero-order valence-corrected chi connectivity index (χ0v) is 10.1. The Balaban J connectivity index is 2.08. The molecule has 0 atom stereocenters. The molecular formula is C13H15FN2O2. The first-order valence-electron chi connectivity index (χ1n) is 5.72. The molecule has 0 aliphatic rings. The summed E-state index contributed by atoms with van der Waals surface area (Å²) in [4.78, 5) is 0. The van der Waals surface area contributed by atoms with Crippen molar-refractivity contribution in [3.05, 3.63) is 47.1 Å². The van der Waals surface area contributed by atoms with Gasteiger partial charge in [0.2, 0.25) is 0 Å². The van der Waals surface area contributed by atoms with Crippen molar-refractivity contribution >= 4 is 0 Å². The fourth-order valence-electron chi connectivity index (χ4n) is 1.67. The monoisotopic (exact) mass is 250 g/mol. The van der Waals surface area contributed by atoms with Crippen molar-refractivity contribution < 1.29 is 13.7 Å². The quantitative estimate of drug-likeness (QED) is 0.883. The van der Waals surface area contributed by atoms with Crippen molar-refractivity contribution in [2.24, 2.45) is 5.73 Å². The molecule has 0 radical (unpaired) electrons. The van der Waals surface area contributed by atoms with E-state index in [4.69, 9.17) is 15.0 Å². The summed E-state index contributed by atoms with van der Waals surface area (Å²) >= 11 is 0. The van der Waals surface area contributed by atoms with Crippen LogP contribution >= 0.6 is 0 Å². The molecule has 0 amide bonds. The highest BCUT2D eigenvalue weighted by molar-refractivity contribution is 5.34. The van der Waals surface area contributed by atoms with Gasteiger partial charge in [0.1, 0.15) is 18.2 Å². The number of halogens is 1. The molecular weight excluding hydrogens is 235 g/mol. The number of rotatable bonds is 5. The maximum absolute atomic E-state index is 13.1. The molecule has 0 unspecified atom stereocenters. The highest BCUT2D eigenvalue weighted by atomic mass is 19.1. The van der Waals surface area contributed by atoms with Crippen LogP contribution < -0.4 is 10.5 Å². The molecule has 1 heterocycles. The maximum Gasteiger partial charge on any atom is 0.174 e. The van der Waals surface area contributed by atoms with Crippen LogP contribution in [0.5, 0.6) is 5.75 Å². The first kappa shape index (κ1) is 12.6. The Hall–Kier alpha value is -1.88. The minimum atomic E-state index is -0.290.